The predicted molar refractivity (Wildman–Crippen MR) is 241 cm³/mol. The van der Waals surface area contributed by atoms with Crippen molar-refractivity contribution in [3.63, 3.8) is 0 Å². The SMILES string of the molecule is CCCN(C(=O)C(NC(=O)OC)c1ccccc1)C(C)c1ncc(-c2ccc3c(c2)COc2cc4c(ccc5[nH]c(C6CC7C(C)C7N6C(=O)C(NC(=O)OC)C(C)C)nc54)cc2-3)[nH]1. The molecule has 4 aromatic carbocycles. The van der Waals surface area contributed by atoms with Crippen molar-refractivity contribution in [2.75, 3.05) is 20.8 Å². The zero-order chi connectivity index (χ0) is 45.0. The Bertz CT molecular complexity index is 2770. The van der Waals surface area contributed by atoms with Gasteiger partial charge >= 0.3 is 12.2 Å². The number of carbonyl (C=O) groups is 4. The lowest BCUT2D eigenvalue weighted by Gasteiger charge is -2.32. The lowest BCUT2D eigenvalue weighted by molar-refractivity contribution is -0.137. The normalized spacial score (nSPS) is 19.8. The van der Waals surface area contributed by atoms with Crippen molar-refractivity contribution in [2.24, 2.45) is 17.8 Å². The molecular weight excluding hydrogens is 813 g/mol. The van der Waals surface area contributed by atoms with Gasteiger partial charge in [0, 0.05) is 23.5 Å². The van der Waals surface area contributed by atoms with E-state index < -0.39 is 30.3 Å². The van der Waals surface area contributed by atoms with Crippen molar-refractivity contribution in [1.29, 1.82) is 0 Å². The van der Waals surface area contributed by atoms with Crippen molar-refractivity contribution in [2.45, 2.75) is 84.3 Å². The molecule has 7 atom stereocenters. The first-order valence-electron chi connectivity index (χ1n) is 22.0. The second kappa shape index (κ2) is 17.0. The van der Waals surface area contributed by atoms with Crippen LogP contribution in [0.5, 0.6) is 5.75 Å². The molecule has 15 heteroatoms. The molecule has 6 aromatic rings. The summed E-state index contributed by atoms with van der Waals surface area (Å²) in [5, 5.41) is 7.45. The fraction of sp³-hybridized carbons (Fsp3) is 0.388. The van der Waals surface area contributed by atoms with E-state index in [1.165, 1.54) is 14.2 Å². The Morgan fingerprint density at radius 3 is 2.44 bits per heavy atom. The summed E-state index contributed by atoms with van der Waals surface area (Å²) in [6.45, 7) is 10.8. The molecule has 332 valence electrons. The summed E-state index contributed by atoms with van der Waals surface area (Å²) in [7, 11) is 2.58. The summed E-state index contributed by atoms with van der Waals surface area (Å²) in [6, 6.07) is 21.5. The Kier molecular flexibility index (Phi) is 11.3. The van der Waals surface area contributed by atoms with Crippen LogP contribution in [0.3, 0.4) is 0 Å². The lowest BCUT2D eigenvalue weighted by Crippen LogP contribution is -2.52. The standard InChI is InChI=1S/C49H54N8O7/c1-8-18-56(46(58)41(55-49(61)63-7)28-12-10-9-11-13-28)27(5)44-50-23-37(52-44)30-14-16-32-31(19-30)24-64-39-22-34-29(20-35(32)39)15-17-36-42(34)53-45(51-36)38-21-33-26(4)43(33)57(38)47(59)40(25(2)3)54-48(60)62-6/h9-17,19-20,22-23,25-27,33,38,40-41,43H,8,18,21,24H2,1-7H3,(H,50,52)(H,51,53)(H,54,60)(H,55,61). The maximum Gasteiger partial charge on any atom is 0.407 e. The van der Waals surface area contributed by atoms with Gasteiger partial charge in [0.25, 0.3) is 5.91 Å². The lowest BCUT2D eigenvalue weighted by atomic mass is 9.92. The number of hydrogen-bond donors (Lipinski definition) is 4. The highest BCUT2D eigenvalue weighted by atomic mass is 16.5. The Balaban J connectivity index is 0.966. The number of benzene rings is 4. The number of hydrogen-bond acceptors (Lipinski definition) is 9. The van der Waals surface area contributed by atoms with Crippen LogP contribution in [0.2, 0.25) is 0 Å². The molecule has 1 saturated heterocycles. The number of alkyl carbamates (subject to hydrolysis) is 2. The van der Waals surface area contributed by atoms with E-state index in [-0.39, 0.29) is 29.8 Å². The number of fused-ring (bicyclic) bond motifs is 7. The van der Waals surface area contributed by atoms with Crippen molar-refractivity contribution in [3.8, 4) is 28.1 Å². The summed E-state index contributed by atoms with van der Waals surface area (Å²) < 4.78 is 16.2. The highest BCUT2D eigenvalue weighted by Crippen LogP contribution is 2.58. The van der Waals surface area contributed by atoms with Crippen LogP contribution < -0.4 is 15.4 Å². The molecule has 9 rings (SSSR count). The first-order chi connectivity index (χ1) is 30.9. The number of methoxy groups -OCH3 is 2. The van der Waals surface area contributed by atoms with Gasteiger partial charge in [0.2, 0.25) is 5.91 Å². The highest BCUT2D eigenvalue weighted by molar-refractivity contribution is 6.07. The van der Waals surface area contributed by atoms with Crippen LogP contribution in [0.1, 0.15) is 88.4 Å². The van der Waals surface area contributed by atoms with Gasteiger partial charge in [-0.2, -0.15) is 0 Å². The maximum atomic E-state index is 14.2. The van der Waals surface area contributed by atoms with E-state index in [4.69, 9.17) is 24.2 Å². The number of likely N-dealkylation sites (tertiary alicyclic amines) is 1. The average Bonchev–Trinajstić information content (AvgIpc) is 3.80. The van der Waals surface area contributed by atoms with Crippen molar-refractivity contribution >= 4 is 45.8 Å². The molecule has 7 unspecified atom stereocenters. The van der Waals surface area contributed by atoms with Crippen LogP contribution in [0, 0.1) is 17.8 Å². The summed E-state index contributed by atoms with van der Waals surface area (Å²) in [5.74, 6) is 2.38. The molecule has 15 nitrogen and oxygen atoms in total. The van der Waals surface area contributed by atoms with E-state index >= 15 is 0 Å². The number of piperidine rings is 1. The molecular formula is C49H54N8O7. The van der Waals surface area contributed by atoms with Crippen LogP contribution >= 0.6 is 0 Å². The van der Waals surface area contributed by atoms with E-state index in [2.05, 4.69) is 63.9 Å². The molecule has 4 N–H and O–H groups in total. The molecule has 0 radical (unpaired) electrons. The van der Waals surface area contributed by atoms with E-state index in [9.17, 15) is 19.2 Å². The zero-order valence-electron chi connectivity index (χ0n) is 37.1. The summed E-state index contributed by atoms with van der Waals surface area (Å²) >= 11 is 0. The number of carbonyl (C=O) groups excluding carboxylic acids is 4. The van der Waals surface area contributed by atoms with E-state index in [0.717, 1.165) is 67.7 Å². The minimum absolute atomic E-state index is 0.103. The van der Waals surface area contributed by atoms with Gasteiger partial charge in [-0.05, 0) is 89.4 Å². The fourth-order valence-corrected chi connectivity index (χ4v) is 9.80. The molecule has 1 saturated carbocycles. The van der Waals surface area contributed by atoms with Crippen LogP contribution in [-0.4, -0.2) is 86.6 Å². The van der Waals surface area contributed by atoms with E-state index in [1.54, 1.807) is 11.1 Å². The second-order valence-corrected chi connectivity index (χ2v) is 17.6. The largest absolute Gasteiger partial charge is 0.488 e. The van der Waals surface area contributed by atoms with Gasteiger partial charge in [0.05, 0.1) is 49.2 Å². The van der Waals surface area contributed by atoms with Crippen LogP contribution in [0.4, 0.5) is 9.59 Å². The molecule has 2 aliphatic heterocycles. The summed E-state index contributed by atoms with van der Waals surface area (Å²) in [6.07, 6.45) is 1.98. The van der Waals surface area contributed by atoms with Gasteiger partial charge in [-0.15, -0.1) is 0 Å². The van der Waals surface area contributed by atoms with Gasteiger partial charge in [0.1, 0.15) is 36.1 Å². The van der Waals surface area contributed by atoms with E-state index in [1.807, 2.05) is 69.0 Å². The number of aromatic amines is 2. The van der Waals surface area contributed by atoms with Crippen LogP contribution in [0.15, 0.2) is 79.0 Å². The van der Waals surface area contributed by atoms with Crippen molar-refractivity contribution < 1.29 is 33.4 Å². The Labute approximate surface area is 371 Å². The second-order valence-electron chi connectivity index (χ2n) is 17.6. The van der Waals surface area contributed by atoms with Gasteiger partial charge < -0.3 is 44.6 Å². The highest BCUT2D eigenvalue weighted by Gasteiger charge is 2.61. The monoisotopic (exact) mass is 866 g/mol. The molecule has 2 aromatic heterocycles. The van der Waals surface area contributed by atoms with Gasteiger partial charge in [0.15, 0.2) is 0 Å². The third-order valence-corrected chi connectivity index (χ3v) is 13.3. The first kappa shape index (κ1) is 42.4. The molecule has 2 fully saturated rings. The quantitative estimate of drug-likeness (QED) is 0.0939. The topological polar surface area (TPSA) is 184 Å². The number of rotatable bonds is 12. The predicted octanol–water partition coefficient (Wildman–Crippen LogP) is 8.35. The molecule has 0 bridgehead atoms. The van der Waals surface area contributed by atoms with Gasteiger partial charge in [-0.1, -0.05) is 76.2 Å². The minimum atomic E-state index is -0.933. The Hall–Kier alpha value is -6.90. The smallest absolute Gasteiger partial charge is 0.407 e. The summed E-state index contributed by atoms with van der Waals surface area (Å²) in [4.78, 5) is 73.5. The minimum Gasteiger partial charge on any atom is -0.488 e. The third-order valence-electron chi connectivity index (χ3n) is 13.3. The Morgan fingerprint density at radius 1 is 0.938 bits per heavy atom. The van der Waals surface area contributed by atoms with Crippen molar-refractivity contribution in [1.82, 2.24) is 40.4 Å². The number of nitrogens with one attached hydrogen (secondary N) is 4. The summed E-state index contributed by atoms with van der Waals surface area (Å²) in [5.41, 5.74) is 7.15. The molecule has 0 spiro atoms. The number of ether oxygens (including phenoxy) is 3. The number of H-pyrrole nitrogens is 2. The number of imidazole rings is 2. The third kappa shape index (κ3) is 7.56. The van der Waals surface area contributed by atoms with Crippen LogP contribution in [0.25, 0.3) is 44.2 Å². The molecule has 3 aliphatic rings. The average molecular weight is 867 g/mol. The first-order valence-corrected chi connectivity index (χ1v) is 22.0. The van der Waals surface area contributed by atoms with E-state index in [0.29, 0.717) is 42.8 Å². The maximum absolute atomic E-state index is 14.2. The van der Waals surface area contributed by atoms with Gasteiger partial charge in [-0.3, -0.25) is 9.59 Å². The Morgan fingerprint density at radius 2 is 1.70 bits per heavy atom. The molecule has 4 heterocycles. The molecule has 1 aliphatic carbocycles. The van der Waals surface area contributed by atoms with Crippen molar-refractivity contribution in [3.05, 3.63) is 102 Å². The van der Waals surface area contributed by atoms with Gasteiger partial charge in [-0.25, -0.2) is 19.6 Å². The molecule has 64 heavy (non-hydrogen) atoms. The number of aromatic nitrogens is 4. The number of nitrogens with zero attached hydrogens (tertiary/aromatic N) is 4. The number of amides is 4. The zero-order valence-corrected chi connectivity index (χ0v) is 37.1. The fourth-order valence-electron chi connectivity index (χ4n) is 9.80. The molecule has 4 amide bonds. The van der Waals surface area contributed by atoms with Crippen LogP contribution in [-0.2, 0) is 25.7 Å².